The maximum Gasteiger partial charge on any atom is 0.120 e. The molecule has 3 nitrogen and oxygen atoms in total. The van der Waals surface area contributed by atoms with E-state index in [1.54, 1.807) is 0 Å². The Kier molecular flexibility index (Phi) is 4.72. The van der Waals surface area contributed by atoms with E-state index >= 15 is 0 Å². The van der Waals surface area contributed by atoms with Gasteiger partial charge in [0.15, 0.2) is 0 Å². The first-order valence-electron chi connectivity index (χ1n) is 6.43. The van der Waals surface area contributed by atoms with Gasteiger partial charge in [-0.1, -0.05) is 13.3 Å². The smallest absolute Gasteiger partial charge is 0.120 e. The first-order chi connectivity index (χ1) is 7.90. The third-order valence-corrected chi connectivity index (χ3v) is 4.25. The summed E-state index contributed by atoms with van der Waals surface area (Å²) in [5.41, 5.74) is 0. The molecule has 1 aliphatic rings. The summed E-state index contributed by atoms with van der Waals surface area (Å²) in [7, 11) is 0. The summed E-state index contributed by atoms with van der Waals surface area (Å²) in [5, 5.41) is 14.5. The number of nitrogens with zero attached hydrogens (tertiary/aromatic N) is 2. The molecule has 1 fully saturated rings. The van der Waals surface area contributed by atoms with Gasteiger partial charge in [-0.25, -0.2) is 0 Å². The zero-order valence-electron chi connectivity index (χ0n) is 10.0. The van der Waals surface area contributed by atoms with Crippen molar-refractivity contribution in [2.45, 2.75) is 51.4 Å². The molecule has 0 aliphatic heterocycles. The van der Waals surface area contributed by atoms with Gasteiger partial charge < -0.3 is 5.32 Å². The van der Waals surface area contributed by atoms with Gasteiger partial charge in [0, 0.05) is 12.3 Å². The molecule has 2 rings (SSSR count). The molecule has 0 aromatic carbocycles. The van der Waals surface area contributed by atoms with Gasteiger partial charge in [-0.3, -0.25) is 0 Å². The van der Waals surface area contributed by atoms with Crippen molar-refractivity contribution in [3.05, 3.63) is 10.0 Å². The van der Waals surface area contributed by atoms with Gasteiger partial charge in [0.2, 0.25) is 0 Å². The van der Waals surface area contributed by atoms with Crippen molar-refractivity contribution in [1.82, 2.24) is 15.5 Å². The topological polar surface area (TPSA) is 37.8 Å². The molecule has 16 heavy (non-hydrogen) atoms. The van der Waals surface area contributed by atoms with Crippen molar-refractivity contribution >= 4 is 11.3 Å². The number of aryl methyl sites for hydroxylation is 1. The van der Waals surface area contributed by atoms with Crippen molar-refractivity contribution in [3.63, 3.8) is 0 Å². The number of hydrogen-bond acceptors (Lipinski definition) is 4. The van der Waals surface area contributed by atoms with Crippen LogP contribution in [0.5, 0.6) is 0 Å². The minimum Gasteiger partial charge on any atom is -0.317 e. The summed E-state index contributed by atoms with van der Waals surface area (Å²) in [6.07, 6.45) is 7.50. The highest BCUT2D eigenvalue weighted by Crippen LogP contribution is 2.37. The third-order valence-electron chi connectivity index (χ3n) is 3.11. The van der Waals surface area contributed by atoms with Gasteiger partial charge in [-0.2, -0.15) is 0 Å². The summed E-state index contributed by atoms with van der Waals surface area (Å²) in [5.74, 6) is 0.740. The molecule has 1 N–H and O–H groups in total. The van der Waals surface area contributed by atoms with E-state index in [0.717, 1.165) is 25.4 Å². The molecule has 1 aromatic heterocycles. The molecule has 0 spiro atoms. The molecule has 0 bridgehead atoms. The van der Waals surface area contributed by atoms with Crippen LogP contribution in [0, 0.1) is 0 Å². The summed E-state index contributed by atoms with van der Waals surface area (Å²) >= 11 is 1.83. The molecule has 1 heterocycles. The maximum absolute atomic E-state index is 4.30. The predicted molar refractivity (Wildman–Crippen MR) is 68.0 cm³/mol. The zero-order valence-corrected chi connectivity index (χ0v) is 10.9. The van der Waals surface area contributed by atoms with Crippen LogP contribution >= 0.6 is 11.3 Å². The standard InChI is InChI=1S/C12H21N3S/c1-2-8-13-9-4-7-11-14-15-12(16-11)10-5-3-6-10/h10,13H,2-9H2,1H3. The van der Waals surface area contributed by atoms with Crippen molar-refractivity contribution in [3.8, 4) is 0 Å². The van der Waals surface area contributed by atoms with Gasteiger partial charge in [-0.05, 0) is 38.8 Å². The van der Waals surface area contributed by atoms with E-state index in [9.17, 15) is 0 Å². The van der Waals surface area contributed by atoms with E-state index < -0.39 is 0 Å². The SMILES string of the molecule is CCCNCCCc1nnc(C2CCC2)s1. The van der Waals surface area contributed by atoms with Crippen molar-refractivity contribution in [2.24, 2.45) is 0 Å². The molecule has 0 atom stereocenters. The average Bonchev–Trinajstić information content (AvgIpc) is 2.64. The Morgan fingerprint density at radius 3 is 2.88 bits per heavy atom. The lowest BCUT2D eigenvalue weighted by Crippen LogP contribution is -2.16. The normalized spacial score (nSPS) is 16.3. The average molecular weight is 239 g/mol. The van der Waals surface area contributed by atoms with E-state index in [2.05, 4.69) is 22.4 Å². The van der Waals surface area contributed by atoms with Crippen molar-refractivity contribution < 1.29 is 0 Å². The fourth-order valence-electron chi connectivity index (χ4n) is 1.85. The Morgan fingerprint density at radius 2 is 2.19 bits per heavy atom. The number of hydrogen-bond donors (Lipinski definition) is 1. The first-order valence-corrected chi connectivity index (χ1v) is 7.24. The van der Waals surface area contributed by atoms with Gasteiger partial charge in [0.1, 0.15) is 10.0 Å². The summed E-state index contributed by atoms with van der Waals surface area (Å²) < 4.78 is 0. The molecule has 1 saturated carbocycles. The highest BCUT2D eigenvalue weighted by Gasteiger charge is 2.23. The van der Waals surface area contributed by atoms with Crippen LogP contribution in [-0.2, 0) is 6.42 Å². The lowest BCUT2D eigenvalue weighted by atomic mass is 9.86. The van der Waals surface area contributed by atoms with E-state index in [1.807, 2.05) is 11.3 Å². The number of rotatable bonds is 7. The van der Waals surface area contributed by atoms with Gasteiger partial charge in [0.05, 0.1) is 0 Å². The van der Waals surface area contributed by atoms with Crippen LogP contribution in [0.1, 0.15) is 55.0 Å². The van der Waals surface area contributed by atoms with E-state index in [-0.39, 0.29) is 0 Å². The second kappa shape index (κ2) is 6.30. The van der Waals surface area contributed by atoms with Crippen molar-refractivity contribution in [1.29, 1.82) is 0 Å². The fourth-order valence-corrected chi connectivity index (χ4v) is 2.91. The molecule has 1 aromatic rings. The number of nitrogens with one attached hydrogen (secondary N) is 1. The summed E-state index contributed by atoms with van der Waals surface area (Å²) in [6, 6.07) is 0. The lowest BCUT2D eigenvalue weighted by Gasteiger charge is -2.21. The highest BCUT2D eigenvalue weighted by atomic mass is 32.1. The molecule has 1 aliphatic carbocycles. The largest absolute Gasteiger partial charge is 0.317 e. The van der Waals surface area contributed by atoms with E-state index in [1.165, 1.54) is 42.1 Å². The monoisotopic (exact) mass is 239 g/mol. The van der Waals surface area contributed by atoms with Gasteiger partial charge in [-0.15, -0.1) is 21.5 Å². The summed E-state index contributed by atoms with van der Waals surface area (Å²) in [6.45, 7) is 4.43. The van der Waals surface area contributed by atoms with Gasteiger partial charge >= 0.3 is 0 Å². The quantitative estimate of drug-likeness (QED) is 0.743. The fraction of sp³-hybridized carbons (Fsp3) is 0.833. The van der Waals surface area contributed by atoms with E-state index in [4.69, 9.17) is 0 Å². The van der Waals surface area contributed by atoms with Gasteiger partial charge in [0.25, 0.3) is 0 Å². The first kappa shape index (κ1) is 12.0. The lowest BCUT2D eigenvalue weighted by molar-refractivity contribution is 0.416. The van der Waals surface area contributed by atoms with Crippen LogP contribution in [0.25, 0.3) is 0 Å². The van der Waals surface area contributed by atoms with Crippen LogP contribution in [0.4, 0.5) is 0 Å². The molecule has 0 radical (unpaired) electrons. The molecule has 0 saturated heterocycles. The predicted octanol–water partition coefficient (Wildman–Crippen LogP) is 2.74. The van der Waals surface area contributed by atoms with Crippen LogP contribution < -0.4 is 5.32 Å². The molecular formula is C12H21N3S. The van der Waals surface area contributed by atoms with E-state index in [0.29, 0.717) is 0 Å². The molecule has 0 amide bonds. The number of aromatic nitrogens is 2. The van der Waals surface area contributed by atoms with Crippen molar-refractivity contribution in [2.75, 3.05) is 13.1 Å². The maximum atomic E-state index is 4.30. The third kappa shape index (κ3) is 3.25. The second-order valence-electron chi connectivity index (χ2n) is 4.52. The summed E-state index contributed by atoms with van der Waals surface area (Å²) in [4.78, 5) is 0. The Hall–Kier alpha value is -0.480. The molecular weight excluding hydrogens is 218 g/mol. The molecule has 4 heteroatoms. The molecule has 90 valence electrons. The highest BCUT2D eigenvalue weighted by molar-refractivity contribution is 7.11. The van der Waals surface area contributed by atoms with Crippen LogP contribution in [-0.4, -0.2) is 23.3 Å². The van der Waals surface area contributed by atoms with Crippen LogP contribution in [0.15, 0.2) is 0 Å². The molecule has 0 unspecified atom stereocenters. The Morgan fingerprint density at radius 1 is 1.31 bits per heavy atom. The Bertz CT molecular complexity index is 307. The Labute approximate surface area is 102 Å². The minimum absolute atomic E-state index is 0.740. The van der Waals surface area contributed by atoms with Crippen LogP contribution in [0.3, 0.4) is 0 Å². The minimum atomic E-state index is 0.740. The second-order valence-corrected chi connectivity index (χ2v) is 5.61. The zero-order chi connectivity index (χ0) is 11.2. The Balaban J connectivity index is 1.66. The van der Waals surface area contributed by atoms with Crippen LogP contribution in [0.2, 0.25) is 0 Å².